The summed E-state index contributed by atoms with van der Waals surface area (Å²) in [4.78, 5) is 37.2. The number of amides is 2. The number of hydrogen-bond donors (Lipinski definition) is 2. The first kappa shape index (κ1) is 15.8. The van der Waals surface area contributed by atoms with Crippen molar-refractivity contribution < 1.29 is 19.5 Å². The van der Waals surface area contributed by atoms with Crippen LogP contribution >= 0.6 is 0 Å². The monoisotopic (exact) mass is 296 g/mol. The van der Waals surface area contributed by atoms with E-state index in [4.69, 9.17) is 0 Å². The summed E-state index contributed by atoms with van der Waals surface area (Å²) in [6, 6.07) is 0.0930. The fourth-order valence-electron chi connectivity index (χ4n) is 3.32. The molecule has 1 saturated carbocycles. The second-order valence-electron chi connectivity index (χ2n) is 6.55. The first-order valence-corrected chi connectivity index (χ1v) is 7.66. The fraction of sp³-hybridized carbons (Fsp3) is 0.800. The van der Waals surface area contributed by atoms with Crippen LogP contribution in [-0.4, -0.2) is 46.9 Å². The summed E-state index contributed by atoms with van der Waals surface area (Å²) in [5, 5.41) is 12.2. The number of carboxylic acid groups (broad SMARTS) is 1. The van der Waals surface area contributed by atoms with Crippen molar-refractivity contribution in [1.82, 2.24) is 10.2 Å². The third-order valence-electron chi connectivity index (χ3n) is 4.77. The minimum absolute atomic E-state index is 0.000959. The number of likely N-dealkylation sites (tertiary alicyclic amines) is 1. The third kappa shape index (κ3) is 3.19. The van der Waals surface area contributed by atoms with E-state index in [2.05, 4.69) is 5.32 Å². The molecule has 2 rings (SSSR count). The van der Waals surface area contributed by atoms with Crippen LogP contribution < -0.4 is 5.32 Å². The Labute approximate surface area is 124 Å². The molecule has 1 saturated heterocycles. The van der Waals surface area contributed by atoms with Crippen molar-refractivity contribution in [1.29, 1.82) is 0 Å². The number of carboxylic acids is 1. The van der Waals surface area contributed by atoms with Gasteiger partial charge in [-0.3, -0.25) is 14.4 Å². The summed E-state index contributed by atoms with van der Waals surface area (Å²) >= 11 is 0. The summed E-state index contributed by atoms with van der Waals surface area (Å²) < 4.78 is 0. The molecule has 2 amide bonds. The van der Waals surface area contributed by atoms with Gasteiger partial charge in [-0.05, 0) is 26.7 Å². The molecular formula is C15H24N2O4. The predicted octanol–water partition coefficient (Wildman–Crippen LogP) is 1.00. The average Bonchev–Trinajstić information content (AvgIpc) is 3.03. The zero-order chi connectivity index (χ0) is 15.6. The van der Waals surface area contributed by atoms with Crippen LogP contribution in [0.1, 0.15) is 46.0 Å². The molecule has 0 aromatic heterocycles. The maximum atomic E-state index is 12.2. The lowest BCUT2D eigenvalue weighted by atomic mass is 9.86. The van der Waals surface area contributed by atoms with Gasteiger partial charge in [0.2, 0.25) is 11.8 Å². The molecule has 0 aromatic rings. The molecule has 1 unspecified atom stereocenters. The van der Waals surface area contributed by atoms with Gasteiger partial charge in [0.15, 0.2) is 0 Å². The average molecular weight is 296 g/mol. The van der Waals surface area contributed by atoms with E-state index in [1.165, 1.54) is 0 Å². The molecule has 0 aromatic carbocycles. The van der Waals surface area contributed by atoms with Gasteiger partial charge < -0.3 is 15.3 Å². The lowest BCUT2D eigenvalue weighted by Gasteiger charge is -2.25. The van der Waals surface area contributed by atoms with Gasteiger partial charge in [0, 0.05) is 25.6 Å². The highest BCUT2D eigenvalue weighted by atomic mass is 16.4. The topological polar surface area (TPSA) is 86.7 Å². The molecule has 2 fully saturated rings. The van der Waals surface area contributed by atoms with E-state index in [9.17, 15) is 19.5 Å². The maximum Gasteiger partial charge on any atom is 0.311 e. The number of carbonyl (C=O) groups is 3. The van der Waals surface area contributed by atoms with Crippen molar-refractivity contribution in [2.75, 3.05) is 13.1 Å². The molecule has 6 heteroatoms. The Morgan fingerprint density at radius 3 is 2.48 bits per heavy atom. The van der Waals surface area contributed by atoms with Crippen LogP contribution in [0.15, 0.2) is 0 Å². The van der Waals surface area contributed by atoms with E-state index >= 15 is 0 Å². The maximum absolute atomic E-state index is 12.2. The molecule has 0 radical (unpaired) electrons. The Morgan fingerprint density at radius 2 is 2.00 bits per heavy atom. The van der Waals surface area contributed by atoms with Crippen molar-refractivity contribution in [2.45, 2.75) is 52.0 Å². The normalized spacial score (nSPS) is 24.6. The highest BCUT2D eigenvalue weighted by molar-refractivity contribution is 5.89. The Hall–Kier alpha value is -1.59. The van der Waals surface area contributed by atoms with E-state index in [0.717, 1.165) is 12.8 Å². The van der Waals surface area contributed by atoms with Crippen LogP contribution in [-0.2, 0) is 14.4 Å². The van der Waals surface area contributed by atoms with Gasteiger partial charge in [0.05, 0.1) is 11.3 Å². The molecule has 21 heavy (non-hydrogen) atoms. The lowest BCUT2D eigenvalue weighted by molar-refractivity contribution is -0.148. The number of nitrogens with zero attached hydrogens (tertiary/aromatic N) is 1. The van der Waals surface area contributed by atoms with Crippen LogP contribution in [0, 0.1) is 11.3 Å². The molecule has 2 N–H and O–H groups in total. The Kier molecular flexibility index (Phi) is 4.54. The highest BCUT2D eigenvalue weighted by Crippen LogP contribution is 2.37. The van der Waals surface area contributed by atoms with Crippen LogP contribution in [0.4, 0.5) is 0 Å². The summed E-state index contributed by atoms with van der Waals surface area (Å²) in [7, 11) is 0. The fourth-order valence-corrected chi connectivity index (χ4v) is 3.32. The van der Waals surface area contributed by atoms with E-state index in [-0.39, 0.29) is 36.7 Å². The third-order valence-corrected chi connectivity index (χ3v) is 4.77. The summed E-state index contributed by atoms with van der Waals surface area (Å²) in [6.45, 7) is 4.46. The SMILES string of the molecule is CC(C)N1CC(C(=O)NCC2(C(=O)O)CCCC2)CC1=O. The second kappa shape index (κ2) is 6.03. The van der Waals surface area contributed by atoms with Crippen LogP contribution in [0.3, 0.4) is 0 Å². The smallest absolute Gasteiger partial charge is 0.311 e. The van der Waals surface area contributed by atoms with E-state index in [0.29, 0.717) is 19.4 Å². The van der Waals surface area contributed by atoms with Gasteiger partial charge in [0.25, 0.3) is 0 Å². The number of rotatable bonds is 5. The first-order valence-electron chi connectivity index (χ1n) is 7.66. The second-order valence-corrected chi connectivity index (χ2v) is 6.55. The van der Waals surface area contributed by atoms with Crippen molar-refractivity contribution in [3.63, 3.8) is 0 Å². The van der Waals surface area contributed by atoms with E-state index in [1.807, 2.05) is 13.8 Å². The molecule has 1 aliphatic heterocycles. The van der Waals surface area contributed by atoms with Crippen molar-refractivity contribution in [3.8, 4) is 0 Å². The Balaban J connectivity index is 1.91. The minimum atomic E-state index is -0.827. The number of aliphatic carboxylic acids is 1. The van der Waals surface area contributed by atoms with Gasteiger partial charge in [-0.2, -0.15) is 0 Å². The lowest BCUT2D eigenvalue weighted by Crippen LogP contribution is -2.43. The Morgan fingerprint density at radius 1 is 1.38 bits per heavy atom. The molecule has 1 heterocycles. The minimum Gasteiger partial charge on any atom is -0.481 e. The van der Waals surface area contributed by atoms with Crippen LogP contribution in [0.5, 0.6) is 0 Å². The van der Waals surface area contributed by atoms with E-state index < -0.39 is 11.4 Å². The van der Waals surface area contributed by atoms with Gasteiger partial charge in [0.1, 0.15) is 0 Å². The standard InChI is InChI=1S/C15H24N2O4/c1-10(2)17-8-11(7-12(17)18)13(19)16-9-15(14(20)21)5-3-4-6-15/h10-11H,3-9H2,1-2H3,(H,16,19)(H,20,21). The molecular weight excluding hydrogens is 272 g/mol. The van der Waals surface area contributed by atoms with Crippen LogP contribution in [0.25, 0.3) is 0 Å². The summed E-state index contributed by atoms with van der Waals surface area (Å²) in [6.07, 6.45) is 3.25. The molecule has 6 nitrogen and oxygen atoms in total. The predicted molar refractivity (Wildman–Crippen MR) is 76.5 cm³/mol. The van der Waals surface area contributed by atoms with Crippen LogP contribution in [0.2, 0.25) is 0 Å². The summed E-state index contributed by atoms with van der Waals surface area (Å²) in [5.74, 6) is -1.38. The number of carbonyl (C=O) groups excluding carboxylic acids is 2. The van der Waals surface area contributed by atoms with Gasteiger partial charge in [-0.15, -0.1) is 0 Å². The van der Waals surface area contributed by atoms with Gasteiger partial charge in [-0.1, -0.05) is 12.8 Å². The zero-order valence-electron chi connectivity index (χ0n) is 12.7. The van der Waals surface area contributed by atoms with Gasteiger partial charge in [-0.25, -0.2) is 0 Å². The van der Waals surface area contributed by atoms with Crippen molar-refractivity contribution in [2.24, 2.45) is 11.3 Å². The quantitative estimate of drug-likeness (QED) is 0.792. The highest BCUT2D eigenvalue weighted by Gasteiger charge is 2.42. The largest absolute Gasteiger partial charge is 0.481 e. The zero-order valence-corrected chi connectivity index (χ0v) is 12.7. The number of nitrogens with one attached hydrogen (secondary N) is 1. The Bertz CT molecular complexity index is 441. The summed E-state index contributed by atoms with van der Waals surface area (Å²) in [5.41, 5.74) is -0.810. The van der Waals surface area contributed by atoms with Crippen molar-refractivity contribution >= 4 is 17.8 Å². The molecule has 118 valence electrons. The number of hydrogen-bond acceptors (Lipinski definition) is 3. The molecule has 1 atom stereocenters. The molecule has 1 aliphatic carbocycles. The van der Waals surface area contributed by atoms with E-state index in [1.54, 1.807) is 4.90 Å². The first-order chi connectivity index (χ1) is 9.85. The molecule has 0 bridgehead atoms. The molecule has 0 spiro atoms. The molecule has 2 aliphatic rings. The van der Waals surface area contributed by atoms with Gasteiger partial charge >= 0.3 is 5.97 Å². The van der Waals surface area contributed by atoms with Crippen molar-refractivity contribution in [3.05, 3.63) is 0 Å².